The van der Waals surface area contributed by atoms with E-state index in [0.29, 0.717) is 13.0 Å². The molecule has 0 aromatic heterocycles. The van der Waals surface area contributed by atoms with Gasteiger partial charge in [-0.3, -0.25) is 13.9 Å². The highest BCUT2D eigenvalue weighted by Gasteiger charge is 2.32. The van der Waals surface area contributed by atoms with Crippen LogP contribution in [0.25, 0.3) is 0 Å². The molecule has 0 saturated heterocycles. The molecule has 0 aliphatic heterocycles. The lowest BCUT2D eigenvalue weighted by Gasteiger charge is -2.33. The van der Waals surface area contributed by atoms with Crippen molar-refractivity contribution in [3.8, 4) is 0 Å². The Morgan fingerprint density at radius 3 is 2.40 bits per heavy atom. The summed E-state index contributed by atoms with van der Waals surface area (Å²) in [5.74, 6) is -0.792. The molecule has 1 atom stereocenters. The molecule has 0 aliphatic rings. The zero-order valence-corrected chi connectivity index (χ0v) is 22.9. The summed E-state index contributed by atoms with van der Waals surface area (Å²) in [6, 6.07) is 11.3. The van der Waals surface area contributed by atoms with Gasteiger partial charge in [0.1, 0.15) is 12.6 Å². The molecule has 7 nitrogen and oxygen atoms in total. The van der Waals surface area contributed by atoms with E-state index in [-0.39, 0.29) is 28.2 Å². The second-order valence-electron chi connectivity index (χ2n) is 8.44. The summed E-state index contributed by atoms with van der Waals surface area (Å²) in [4.78, 5) is 28.1. The van der Waals surface area contributed by atoms with E-state index in [4.69, 9.17) is 23.2 Å². The minimum atomic E-state index is -3.89. The standard InChI is InChI=1S/C25H33Cl2N3O4S/c1-5-7-13-28-25(32)22(6-2)29(16-19-10-8-9-18(3)14-19)24(31)17-30(35(4,33)34)23-15-20(26)11-12-21(23)27/h8-12,14-15,22H,5-7,13,16-17H2,1-4H3,(H,28,32)/t22-/m1/s1. The van der Waals surface area contributed by atoms with Gasteiger partial charge >= 0.3 is 0 Å². The number of unbranched alkanes of at least 4 members (excludes halogenated alkanes) is 1. The van der Waals surface area contributed by atoms with E-state index in [1.54, 1.807) is 0 Å². The fourth-order valence-corrected chi connectivity index (χ4v) is 4.99. The van der Waals surface area contributed by atoms with Gasteiger partial charge in [0.25, 0.3) is 0 Å². The number of nitrogens with one attached hydrogen (secondary N) is 1. The maximum atomic E-state index is 13.7. The number of carbonyl (C=O) groups is 2. The van der Waals surface area contributed by atoms with Crippen molar-refractivity contribution >= 4 is 50.7 Å². The van der Waals surface area contributed by atoms with Gasteiger partial charge in [-0.15, -0.1) is 0 Å². The van der Waals surface area contributed by atoms with Crippen molar-refractivity contribution in [3.05, 3.63) is 63.6 Å². The Labute approximate surface area is 218 Å². The smallest absolute Gasteiger partial charge is 0.244 e. The molecule has 0 saturated carbocycles. The van der Waals surface area contributed by atoms with Crippen LogP contribution >= 0.6 is 23.2 Å². The molecule has 0 unspecified atom stereocenters. The van der Waals surface area contributed by atoms with Crippen molar-refractivity contribution in [2.45, 2.75) is 52.6 Å². The monoisotopic (exact) mass is 541 g/mol. The molecule has 0 spiro atoms. The SMILES string of the molecule is CCCCNC(=O)[C@@H](CC)N(Cc1cccc(C)c1)C(=O)CN(c1cc(Cl)ccc1Cl)S(C)(=O)=O. The van der Waals surface area contributed by atoms with Crippen LogP contribution in [-0.2, 0) is 26.2 Å². The highest BCUT2D eigenvalue weighted by Crippen LogP contribution is 2.31. The maximum Gasteiger partial charge on any atom is 0.244 e. The van der Waals surface area contributed by atoms with Gasteiger partial charge in [0, 0.05) is 18.1 Å². The van der Waals surface area contributed by atoms with Gasteiger partial charge in [-0.25, -0.2) is 8.42 Å². The van der Waals surface area contributed by atoms with Crippen LogP contribution in [-0.4, -0.2) is 50.5 Å². The summed E-state index contributed by atoms with van der Waals surface area (Å²) >= 11 is 12.3. The predicted octanol–water partition coefficient (Wildman–Crippen LogP) is 4.79. The van der Waals surface area contributed by atoms with Crippen LogP contribution in [0.1, 0.15) is 44.2 Å². The van der Waals surface area contributed by atoms with E-state index in [1.165, 1.54) is 23.1 Å². The Bertz CT molecular complexity index is 1140. The van der Waals surface area contributed by atoms with E-state index < -0.39 is 28.5 Å². The quantitative estimate of drug-likeness (QED) is 0.391. The third-order valence-corrected chi connectivity index (χ3v) is 7.19. The zero-order chi connectivity index (χ0) is 26.2. The number of benzene rings is 2. The molecule has 0 heterocycles. The summed E-state index contributed by atoms with van der Waals surface area (Å²) in [5.41, 5.74) is 1.95. The van der Waals surface area contributed by atoms with Crippen LogP contribution in [0.15, 0.2) is 42.5 Å². The minimum absolute atomic E-state index is 0.103. The Kier molecular flexibility index (Phi) is 10.9. The second kappa shape index (κ2) is 13.1. The van der Waals surface area contributed by atoms with E-state index >= 15 is 0 Å². The molecule has 35 heavy (non-hydrogen) atoms. The third-order valence-electron chi connectivity index (χ3n) is 5.51. The van der Waals surface area contributed by atoms with Crippen molar-refractivity contribution in [1.82, 2.24) is 10.2 Å². The van der Waals surface area contributed by atoms with Crippen molar-refractivity contribution in [1.29, 1.82) is 0 Å². The van der Waals surface area contributed by atoms with Crippen molar-refractivity contribution in [3.63, 3.8) is 0 Å². The molecule has 0 bridgehead atoms. The largest absolute Gasteiger partial charge is 0.354 e. The number of nitrogens with zero attached hydrogens (tertiary/aromatic N) is 2. The number of hydrogen-bond donors (Lipinski definition) is 1. The molecule has 2 rings (SSSR count). The van der Waals surface area contributed by atoms with Gasteiger partial charge in [0.15, 0.2) is 0 Å². The topological polar surface area (TPSA) is 86.8 Å². The molecule has 0 aliphatic carbocycles. The summed E-state index contributed by atoms with van der Waals surface area (Å²) in [5, 5.41) is 3.32. The number of amides is 2. The number of anilines is 1. The molecule has 192 valence electrons. The molecule has 2 aromatic carbocycles. The number of carbonyl (C=O) groups excluding carboxylic acids is 2. The number of hydrogen-bond acceptors (Lipinski definition) is 4. The average Bonchev–Trinajstić information content (AvgIpc) is 2.78. The van der Waals surface area contributed by atoms with Crippen LogP contribution in [0, 0.1) is 6.92 Å². The number of aryl methyl sites for hydroxylation is 1. The summed E-state index contributed by atoms with van der Waals surface area (Å²) in [6.07, 6.45) is 3.11. The Hall–Kier alpha value is -2.29. The van der Waals surface area contributed by atoms with Crippen LogP contribution in [0.5, 0.6) is 0 Å². The third kappa shape index (κ3) is 8.40. The molecule has 0 fully saturated rings. The Morgan fingerprint density at radius 2 is 1.80 bits per heavy atom. The number of halogens is 2. The van der Waals surface area contributed by atoms with Crippen molar-refractivity contribution in [2.24, 2.45) is 0 Å². The molecular formula is C25H33Cl2N3O4S. The van der Waals surface area contributed by atoms with Gasteiger partial charge in [0.05, 0.1) is 17.0 Å². The first-order valence-corrected chi connectivity index (χ1v) is 14.1. The molecule has 10 heteroatoms. The molecule has 0 radical (unpaired) electrons. The van der Waals surface area contributed by atoms with Gasteiger partial charge in [-0.05, 0) is 43.5 Å². The summed E-state index contributed by atoms with van der Waals surface area (Å²) in [7, 11) is -3.89. The fraction of sp³-hybridized carbons (Fsp3) is 0.440. The van der Waals surface area contributed by atoms with Crippen LogP contribution < -0.4 is 9.62 Å². The number of rotatable bonds is 12. The van der Waals surface area contributed by atoms with Crippen LogP contribution in [0.2, 0.25) is 10.0 Å². The highest BCUT2D eigenvalue weighted by molar-refractivity contribution is 7.92. The van der Waals surface area contributed by atoms with Gasteiger partial charge < -0.3 is 10.2 Å². The lowest BCUT2D eigenvalue weighted by molar-refractivity contribution is -0.140. The minimum Gasteiger partial charge on any atom is -0.354 e. The highest BCUT2D eigenvalue weighted by atomic mass is 35.5. The molecule has 1 N–H and O–H groups in total. The lowest BCUT2D eigenvalue weighted by atomic mass is 10.1. The normalized spacial score (nSPS) is 12.2. The average molecular weight is 543 g/mol. The van der Waals surface area contributed by atoms with Crippen LogP contribution in [0.3, 0.4) is 0 Å². The van der Waals surface area contributed by atoms with Gasteiger partial charge in [0.2, 0.25) is 21.8 Å². The first-order valence-electron chi connectivity index (χ1n) is 11.5. The summed E-state index contributed by atoms with van der Waals surface area (Å²) in [6.45, 7) is 5.92. The predicted molar refractivity (Wildman–Crippen MR) is 142 cm³/mol. The van der Waals surface area contributed by atoms with Gasteiger partial charge in [-0.2, -0.15) is 0 Å². The zero-order valence-electron chi connectivity index (χ0n) is 20.6. The van der Waals surface area contributed by atoms with Crippen LogP contribution in [0.4, 0.5) is 5.69 Å². The molecule has 2 amide bonds. The van der Waals surface area contributed by atoms with E-state index in [9.17, 15) is 18.0 Å². The van der Waals surface area contributed by atoms with Crippen molar-refractivity contribution < 1.29 is 18.0 Å². The lowest BCUT2D eigenvalue weighted by Crippen LogP contribution is -2.52. The van der Waals surface area contributed by atoms with E-state index in [1.807, 2.05) is 45.0 Å². The van der Waals surface area contributed by atoms with E-state index in [0.717, 1.165) is 34.5 Å². The van der Waals surface area contributed by atoms with Gasteiger partial charge in [-0.1, -0.05) is 73.3 Å². The summed E-state index contributed by atoms with van der Waals surface area (Å²) < 4.78 is 26.3. The Morgan fingerprint density at radius 1 is 1.09 bits per heavy atom. The van der Waals surface area contributed by atoms with Crippen molar-refractivity contribution in [2.75, 3.05) is 23.7 Å². The van der Waals surface area contributed by atoms with E-state index in [2.05, 4.69) is 5.32 Å². The molecular weight excluding hydrogens is 509 g/mol. The first kappa shape index (κ1) is 28.9. The number of sulfonamides is 1. The Balaban J connectivity index is 2.45. The first-order chi connectivity index (χ1) is 16.5. The molecule has 2 aromatic rings. The second-order valence-corrected chi connectivity index (χ2v) is 11.2. The maximum absolute atomic E-state index is 13.7. The fourth-order valence-electron chi connectivity index (χ4n) is 3.70.